The Morgan fingerprint density at radius 3 is 1.12 bits per heavy atom. The van der Waals surface area contributed by atoms with Crippen molar-refractivity contribution in [1.82, 2.24) is 0 Å². The van der Waals surface area contributed by atoms with Crippen LogP contribution in [0.1, 0.15) is 0 Å². The van der Waals surface area contributed by atoms with Crippen molar-refractivity contribution in [3.05, 3.63) is 0 Å². The Bertz CT molecular complexity index is 95.6. The molecular weight excluding hydrogens is 227 g/mol. The summed E-state index contributed by atoms with van der Waals surface area (Å²) in [6.45, 7) is 0. The molecule has 0 aliphatic heterocycles. The third-order valence-electron chi connectivity index (χ3n) is 0. The van der Waals surface area contributed by atoms with Crippen LogP contribution in [0, 0.1) is 0 Å². The number of hydrogen-bond acceptors (Lipinski definition) is 5. The van der Waals surface area contributed by atoms with Crippen molar-refractivity contribution in [3.63, 3.8) is 0 Å². The SMILES string of the molecule is O=S(=O)([O-])[O-].[Fe+2].[Ni+2].[OH-]. The molecule has 5 nitrogen and oxygen atoms in total. The van der Waals surface area contributed by atoms with Gasteiger partial charge in [0.2, 0.25) is 0 Å². The smallest absolute Gasteiger partial charge is 0.870 e. The fourth-order valence-corrected chi connectivity index (χ4v) is 0. The molecule has 0 fully saturated rings. The summed E-state index contributed by atoms with van der Waals surface area (Å²) in [5.41, 5.74) is 0. The van der Waals surface area contributed by atoms with E-state index in [-0.39, 0.29) is 39.0 Å². The third kappa shape index (κ3) is 329. The van der Waals surface area contributed by atoms with Crippen molar-refractivity contribution in [2.24, 2.45) is 0 Å². The van der Waals surface area contributed by atoms with Crippen molar-refractivity contribution in [1.29, 1.82) is 0 Å². The van der Waals surface area contributed by atoms with Crippen LogP contribution in [0.2, 0.25) is 0 Å². The van der Waals surface area contributed by atoms with Gasteiger partial charge in [0.05, 0.1) is 0 Å². The maximum atomic E-state index is 8.52. The molecule has 0 radical (unpaired) electrons. The van der Waals surface area contributed by atoms with E-state index in [0.29, 0.717) is 0 Å². The van der Waals surface area contributed by atoms with E-state index in [1.54, 1.807) is 0 Å². The van der Waals surface area contributed by atoms with Crippen LogP contribution in [0.25, 0.3) is 0 Å². The summed E-state index contributed by atoms with van der Waals surface area (Å²) >= 11 is 0. The third-order valence-corrected chi connectivity index (χ3v) is 0. The fraction of sp³-hybridized carbons (Fsp3) is 0. The number of hydrogen-bond donors (Lipinski definition) is 0. The molecule has 54 valence electrons. The minimum atomic E-state index is -5.17. The van der Waals surface area contributed by atoms with Crippen molar-refractivity contribution < 1.29 is 56.6 Å². The maximum Gasteiger partial charge on any atom is 2.00 e. The van der Waals surface area contributed by atoms with Gasteiger partial charge >= 0.3 is 33.6 Å². The molecule has 0 unspecified atom stereocenters. The van der Waals surface area contributed by atoms with Gasteiger partial charge < -0.3 is 14.6 Å². The Hall–Kier alpha value is 0.843. The summed E-state index contributed by atoms with van der Waals surface area (Å²) in [6.07, 6.45) is 0. The Kier molecular flexibility index (Phi) is 22.7. The molecule has 0 saturated heterocycles. The van der Waals surface area contributed by atoms with E-state index in [2.05, 4.69) is 0 Å². The van der Waals surface area contributed by atoms with Crippen molar-refractivity contribution >= 4 is 10.4 Å². The van der Waals surface area contributed by atoms with Crippen molar-refractivity contribution in [2.75, 3.05) is 0 Å². The normalized spacial score (nSPS) is 7.25. The summed E-state index contributed by atoms with van der Waals surface area (Å²) < 4.78 is 34.1. The number of rotatable bonds is 0. The quantitative estimate of drug-likeness (QED) is 0.284. The Morgan fingerprint density at radius 2 is 1.12 bits per heavy atom. The van der Waals surface area contributed by atoms with Crippen LogP contribution in [-0.4, -0.2) is 23.0 Å². The van der Waals surface area contributed by atoms with Gasteiger partial charge in [-0.15, -0.1) is 0 Å². The molecule has 0 saturated carbocycles. The molecule has 0 aromatic rings. The van der Waals surface area contributed by atoms with E-state index in [1.165, 1.54) is 0 Å². The van der Waals surface area contributed by atoms with Gasteiger partial charge in [0.15, 0.2) is 0 Å². The minimum Gasteiger partial charge on any atom is -0.870 e. The predicted octanol–water partition coefficient (Wildman–Crippen LogP) is -1.52. The van der Waals surface area contributed by atoms with Crippen LogP contribution >= 0.6 is 0 Å². The van der Waals surface area contributed by atoms with Gasteiger partial charge in [0.1, 0.15) is 0 Å². The zero-order valence-electron chi connectivity index (χ0n) is 3.16. The topological polar surface area (TPSA) is 110 Å². The van der Waals surface area contributed by atoms with Gasteiger partial charge in [-0.05, 0) is 0 Å². The van der Waals surface area contributed by atoms with E-state index < -0.39 is 10.4 Å². The van der Waals surface area contributed by atoms with Gasteiger partial charge in [-0.1, -0.05) is 0 Å². The second kappa shape index (κ2) is 7.84. The second-order valence-corrected chi connectivity index (χ2v) is 1.22. The largest absolute Gasteiger partial charge is 2.00 e. The van der Waals surface area contributed by atoms with Gasteiger partial charge in [-0.3, -0.25) is 8.42 Å². The minimum absolute atomic E-state index is 0. The van der Waals surface area contributed by atoms with Crippen LogP contribution in [0.4, 0.5) is 0 Å². The van der Waals surface area contributed by atoms with Crippen LogP contribution in [0.15, 0.2) is 0 Å². The molecule has 0 heterocycles. The van der Waals surface area contributed by atoms with Crippen LogP contribution in [0.5, 0.6) is 0 Å². The van der Waals surface area contributed by atoms with Gasteiger partial charge in [0, 0.05) is 10.4 Å². The zero-order valence-corrected chi connectivity index (χ0v) is 6.07. The molecule has 0 aromatic carbocycles. The molecular formula is HFeNiO5S+. The summed E-state index contributed by atoms with van der Waals surface area (Å²) in [5.74, 6) is 0. The molecule has 8 heavy (non-hydrogen) atoms. The van der Waals surface area contributed by atoms with Gasteiger partial charge in [-0.25, -0.2) is 0 Å². The van der Waals surface area contributed by atoms with Crippen LogP contribution in [-0.2, 0) is 44.0 Å². The first kappa shape index (κ1) is 23.2. The summed E-state index contributed by atoms with van der Waals surface area (Å²) in [6, 6.07) is 0. The van der Waals surface area contributed by atoms with Crippen LogP contribution in [0.3, 0.4) is 0 Å². The standard InChI is InChI=1S/Fe.Ni.H2O4S.H2O/c;;1-5(2,3)4;/h;;(H2,1,2,3,4);1H2/q2*+2;;/p-3. The fourth-order valence-electron chi connectivity index (χ4n) is 0. The zero-order chi connectivity index (χ0) is 4.50. The monoisotopic (exact) mass is 227 g/mol. The van der Waals surface area contributed by atoms with Gasteiger partial charge in [-0.2, -0.15) is 0 Å². The molecule has 1 N–H and O–H groups in total. The van der Waals surface area contributed by atoms with Crippen LogP contribution < -0.4 is 0 Å². The maximum absolute atomic E-state index is 8.52. The Morgan fingerprint density at radius 1 is 1.12 bits per heavy atom. The first-order valence-corrected chi connectivity index (χ1v) is 2.00. The molecule has 0 aliphatic rings. The molecule has 0 amide bonds. The van der Waals surface area contributed by atoms with E-state index >= 15 is 0 Å². The molecule has 0 atom stereocenters. The molecule has 0 aliphatic carbocycles. The second-order valence-electron chi connectivity index (χ2n) is 0.408. The van der Waals surface area contributed by atoms with Crippen molar-refractivity contribution in [2.45, 2.75) is 0 Å². The van der Waals surface area contributed by atoms with Gasteiger partial charge in [0.25, 0.3) is 0 Å². The first-order chi connectivity index (χ1) is 2.00. The summed E-state index contributed by atoms with van der Waals surface area (Å²) in [5, 5.41) is 0. The summed E-state index contributed by atoms with van der Waals surface area (Å²) in [4.78, 5) is 0. The van der Waals surface area contributed by atoms with E-state index in [0.717, 1.165) is 0 Å². The predicted molar refractivity (Wildman–Crippen MR) is 12.4 cm³/mol. The average molecular weight is 228 g/mol. The van der Waals surface area contributed by atoms with E-state index in [1.807, 2.05) is 0 Å². The first-order valence-electron chi connectivity index (χ1n) is 0.667. The van der Waals surface area contributed by atoms with Crippen molar-refractivity contribution in [3.8, 4) is 0 Å². The molecule has 0 bridgehead atoms. The molecule has 0 spiro atoms. The Balaban J connectivity index is -0.0000000267. The molecule has 0 aromatic heterocycles. The summed E-state index contributed by atoms with van der Waals surface area (Å²) in [7, 11) is -5.17. The molecule has 8 heteroatoms. The van der Waals surface area contributed by atoms with E-state index in [9.17, 15) is 0 Å². The molecule has 0 rings (SSSR count). The van der Waals surface area contributed by atoms with E-state index in [4.69, 9.17) is 17.5 Å². The Labute approximate surface area is 67.1 Å². The average Bonchev–Trinajstić information content (AvgIpc) is 0.722.